The van der Waals surface area contributed by atoms with Gasteiger partial charge in [-0.25, -0.2) is 0 Å². The second-order valence-corrected chi connectivity index (χ2v) is 5.19. The Morgan fingerprint density at radius 1 is 1.29 bits per heavy atom. The van der Waals surface area contributed by atoms with E-state index >= 15 is 0 Å². The highest BCUT2D eigenvalue weighted by Gasteiger charge is 2.09. The van der Waals surface area contributed by atoms with Gasteiger partial charge in [0.05, 0.1) is 26.5 Å². The second kappa shape index (κ2) is 6.35. The third-order valence-electron chi connectivity index (χ3n) is 1.64. The highest BCUT2D eigenvalue weighted by Crippen LogP contribution is 2.32. The number of hydrogen-bond donors (Lipinski definition) is 3. The van der Waals surface area contributed by atoms with E-state index < -0.39 is 0 Å². The Morgan fingerprint density at radius 3 is 2.47 bits per heavy atom. The van der Waals surface area contributed by atoms with Gasteiger partial charge in [-0.1, -0.05) is 46.6 Å². The number of amides is 1. The van der Waals surface area contributed by atoms with Crippen molar-refractivity contribution in [1.82, 2.24) is 0 Å². The molecule has 0 fully saturated rings. The van der Waals surface area contributed by atoms with Crippen LogP contribution in [-0.4, -0.2) is 16.8 Å². The summed E-state index contributed by atoms with van der Waals surface area (Å²) in [5.41, 5.74) is 5.48. The normalized spacial score (nSPS) is 10.1. The minimum atomic E-state index is -0.328. The molecule has 17 heavy (non-hydrogen) atoms. The molecule has 8 heteroatoms. The van der Waals surface area contributed by atoms with Crippen molar-refractivity contribution in [1.29, 1.82) is 5.41 Å². The molecule has 0 saturated carbocycles. The summed E-state index contributed by atoms with van der Waals surface area (Å²) in [5, 5.41) is 10.3. The summed E-state index contributed by atoms with van der Waals surface area (Å²) in [6, 6.07) is 2.90. The first-order chi connectivity index (χ1) is 7.90. The van der Waals surface area contributed by atoms with Crippen molar-refractivity contribution in [3.05, 3.63) is 27.2 Å². The van der Waals surface area contributed by atoms with E-state index in [9.17, 15) is 4.79 Å². The first-order valence-corrected chi connectivity index (χ1v) is 6.43. The first kappa shape index (κ1) is 14.4. The summed E-state index contributed by atoms with van der Waals surface area (Å²) < 4.78 is 0. The van der Waals surface area contributed by atoms with Crippen molar-refractivity contribution in [3.63, 3.8) is 0 Å². The molecule has 92 valence electrons. The van der Waals surface area contributed by atoms with Gasteiger partial charge in [0.2, 0.25) is 5.91 Å². The summed E-state index contributed by atoms with van der Waals surface area (Å²) in [4.78, 5) is 11.4. The van der Waals surface area contributed by atoms with Gasteiger partial charge in [0, 0.05) is 0 Å². The number of nitrogens with two attached hydrogens (primary N) is 1. The van der Waals surface area contributed by atoms with Crippen LogP contribution in [0.3, 0.4) is 0 Å². The Balaban J connectivity index is 2.71. The van der Waals surface area contributed by atoms with Gasteiger partial charge in [0.1, 0.15) is 0 Å². The average molecular weight is 313 g/mol. The minimum Gasteiger partial charge on any atom is -0.379 e. The number of benzene rings is 1. The van der Waals surface area contributed by atoms with E-state index in [0.29, 0.717) is 20.8 Å². The topological polar surface area (TPSA) is 79.0 Å². The van der Waals surface area contributed by atoms with Gasteiger partial charge in [0.15, 0.2) is 5.17 Å². The average Bonchev–Trinajstić information content (AvgIpc) is 2.23. The molecule has 0 aliphatic heterocycles. The lowest BCUT2D eigenvalue weighted by Gasteiger charge is -2.08. The van der Waals surface area contributed by atoms with Crippen LogP contribution in [-0.2, 0) is 4.79 Å². The third-order valence-corrected chi connectivity index (χ3v) is 3.40. The molecule has 1 aromatic rings. The Kier molecular flexibility index (Phi) is 5.39. The van der Waals surface area contributed by atoms with Crippen molar-refractivity contribution in [2.24, 2.45) is 5.73 Å². The van der Waals surface area contributed by atoms with Gasteiger partial charge < -0.3 is 11.1 Å². The molecule has 0 bridgehead atoms. The van der Waals surface area contributed by atoms with Gasteiger partial charge in [-0.3, -0.25) is 10.2 Å². The fourth-order valence-electron chi connectivity index (χ4n) is 0.948. The van der Waals surface area contributed by atoms with Gasteiger partial charge >= 0.3 is 0 Å². The van der Waals surface area contributed by atoms with Crippen molar-refractivity contribution in [2.75, 3.05) is 11.1 Å². The summed E-state index contributed by atoms with van der Waals surface area (Å²) in [5.74, 6) is -0.295. The monoisotopic (exact) mass is 311 g/mol. The predicted molar refractivity (Wildman–Crippen MR) is 74.5 cm³/mol. The van der Waals surface area contributed by atoms with Crippen LogP contribution < -0.4 is 11.1 Å². The van der Waals surface area contributed by atoms with Crippen LogP contribution in [0.1, 0.15) is 0 Å². The van der Waals surface area contributed by atoms with Gasteiger partial charge in [-0.15, -0.1) is 0 Å². The molecule has 0 heterocycles. The number of anilines is 1. The van der Waals surface area contributed by atoms with E-state index in [1.54, 1.807) is 0 Å². The zero-order valence-electron chi connectivity index (χ0n) is 8.39. The predicted octanol–water partition coefficient (Wildman–Crippen LogP) is 3.21. The van der Waals surface area contributed by atoms with E-state index in [1.807, 2.05) is 0 Å². The maximum Gasteiger partial charge on any atom is 0.234 e. The number of rotatable bonds is 3. The number of nitrogens with one attached hydrogen (secondary N) is 2. The molecular formula is C9H8Cl3N3OS. The largest absolute Gasteiger partial charge is 0.379 e. The molecule has 1 aromatic carbocycles. The van der Waals surface area contributed by atoms with Crippen LogP contribution >= 0.6 is 46.6 Å². The number of halogens is 3. The Morgan fingerprint density at radius 2 is 1.88 bits per heavy atom. The molecule has 0 aromatic heterocycles. The first-order valence-electron chi connectivity index (χ1n) is 4.31. The number of amidine groups is 1. The fraction of sp³-hybridized carbons (Fsp3) is 0.111. The Hall–Kier alpha value is -0.620. The van der Waals surface area contributed by atoms with E-state index in [0.717, 1.165) is 11.8 Å². The van der Waals surface area contributed by atoms with Gasteiger partial charge in [0.25, 0.3) is 0 Å². The van der Waals surface area contributed by atoms with Crippen LogP contribution in [0.25, 0.3) is 0 Å². The molecular weight excluding hydrogens is 305 g/mol. The lowest BCUT2D eigenvalue weighted by molar-refractivity contribution is -0.113. The molecule has 0 aliphatic rings. The lowest BCUT2D eigenvalue weighted by atomic mass is 10.3. The standard InChI is InChI=1S/C9H8Cl3N3OS/c10-4-1-6(12)7(2-5(4)11)15-8(16)3-17-9(13)14/h1-2H,3H2,(H3,13,14)(H,15,16). The molecule has 0 aliphatic carbocycles. The van der Waals surface area contributed by atoms with E-state index in [-0.39, 0.29) is 16.8 Å². The fourth-order valence-corrected chi connectivity index (χ4v) is 1.90. The third kappa shape index (κ3) is 4.63. The number of thioether (sulfide) groups is 1. The number of carbonyl (C=O) groups is 1. The van der Waals surface area contributed by atoms with Crippen molar-refractivity contribution < 1.29 is 4.79 Å². The van der Waals surface area contributed by atoms with Crippen LogP contribution in [0, 0.1) is 5.41 Å². The molecule has 1 amide bonds. The second-order valence-electron chi connectivity index (χ2n) is 2.95. The van der Waals surface area contributed by atoms with E-state index in [4.69, 9.17) is 45.9 Å². The molecule has 4 nitrogen and oxygen atoms in total. The number of hydrogen-bond acceptors (Lipinski definition) is 3. The van der Waals surface area contributed by atoms with Crippen molar-refractivity contribution in [3.8, 4) is 0 Å². The summed E-state index contributed by atoms with van der Waals surface area (Å²) in [6.45, 7) is 0. The summed E-state index contributed by atoms with van der Waals surface area (Å²) in [7, 11) is 0. The highest BCUT2D eigenvalue weighted by molar-refractivity contribution is 8.14. The minimum absolute atomic E-state index is 0.0336. The molecule has 0 atom stereocenters. The SMILES string of the molecule is N=C(N)SCC(=O)Nc1cc(Cl)c(Cl)cc1Cl. The molecule has 1 rings (SSSR count). The quantitative estimate of drug-likeness (QED) is 0.455. The Bertz CT molecular complexity index is 467. The van der Waals surface area contributed by atoms with Gasteiger partial charge in [-0.05, 0) is 12.1 Å². The van der Waals surface area contributed by atoms with Crippen LogP contribution in [0.4, 0.5) is 5.69 Å². The molecule has 0 spiro atoms. The van der Waals surface area contributed by atoms with Crippen molar-refractivity contribution in [2.45, 2.75) is 0 Å². The molecule has 4 N–H and O–H groups in total. The van der Waals surface area contributed by atoms with Crippen LogP contribution in [0.15, 0.2) is 12.1 Å². The number of carbonyl (C=O) groups excluding carboxylic acids is 1. The van der Waals surface area contributed by atoms with E-state index in [1.165, 1.54) is 12.1 Å². The maximum absolute atomic E-state index is 11.4. The smallest absolute Gasteiger partial charge is 0.234 e. The summed E-state index contributed by atoms with van der Waals surface area (Å²) in [6.07, 6.45) is 0. The molecule has 0 saturated heterocycles. The highest BCUT2D eigenvalue weighted by atomic mass is 35.5. The zero-order chi connectivity index (χ0) is 13.0. The van der Waals surface area contributed by atoms with Crippen molar-refractivity contribution >= 4 is 63.3 Å². The van der Waals surface area contributed by atoms with E-state index in [2.05, 4.69) is 5.32 Å². The van der Waals surface area contributed by atoms with Crippen LogP contribution in [0.5, 0.6) is 0 Å². The molecule has 0 radical (unpaired) electrons. The maximum atomic E-state index is 11.4. The van der Waals surface area contributed by atoms with Gasteiger partial charge in [-0.2, -0.15) is 0 Å². The summed E-state index contributed by atoms with van der Waals surface area (Å²) >= 11 is 18.3. The zero-order valence-corrected chi connectivity index (χ0v) is 11.5. The Labute approximate surface area is 117 Å². The van der Waals surface area contributed by atoms with Crippen LogP contribution in [0.2, 0.25) is 15.1 Å². The molecule has 0 unspecified atom stereocenters. The lowest BCUT2D eigenvalue weighted by Crippen LogP contribution is -2.17.